The van der Waals surface area contributed by atoms with E-state index in [4.69, 9.17) is 4.98 Å². The van der Waals surface area contributed by atoms with Crippen LogP contribution in [0, 0.1) is 6.92 Å². The van der Waals surface area contributed by atoms with Gasteiger partial charge in [-0.1, -0.05) is 36.4 Å². The number of aryl methyl sites for hydroxylation is 3. The number of aromatic nitrogens is 3. The van der Waals surface area contributed by atoms with Crippen LogP contribution in [0.4, 0.5) is 0 Å². The van der Waals surface area contributed by atoms with Crippen LogP contribution in [0.1, 0.15) is 40.7 Å². The quantitative estimate of drug-likeness (QED) is 0.286. The fourth-order valence-corrected chi connectivity index (χ4v) is 4.47. The summed E-state index contributed by atoms with van der Waals surface area (Å²) in [6.45, 7) is 2.05. The van der Waals surface area contributed by atoms with E-state index in [1.54, 1.807) is 0 Å². The standard InChI is InChI=1S/C28H24BrN3/c1-19-14-25(18-32-28(19)29)27-23(16-24(17-31-27)26-8-4-5-13-30-26)12-10-20-9-11-21-6-2-3-7-22(21)15-20/h4-5,8-18H,2-3,6-7H2,1H3/b12-10+. The SMILES string of the molecule is Cc1cc(-c2ncc(-c3ccccn3)cc2/C=C/c2ccc3c(c2)CCCC3)cnc1Br. The molecule has 0 fully saturated rings. The molecule has 4 aromatic rings. The molecule has 3 aromatic heterocycles. The van der Waals surface area contributed by atoms with E-state index in [2.05, 4.69) is 68.4 Å². The molecule has 158 valence electrons. The summed E-state index contributed by atoms with van der Waals surface area (Å²) >= 11 is 3.50. The van der Waals surface area contributed by atoms with Crippen LogP contribution in [0.15, 0.2) is 71.7 Å². The molecule has 1 aliphatic carbocycles. The van der Waals surface area contributed by atoms with Crippen LogP contribution >= 0.6 is 15.9 Å². The van der Waals surface area contributed by atoms with Crippen LogP contribution in [0.3, 0.4) is 0 Å². The molecule has 1 aliphatic rings. The smallest absolute Gasteiger partial charge is 0.109 e. The summed E-state index contributed by atoms with van der Waals surface area (Å²) in [7, 11) is 0. The Kier molecular flexibility index (Phi) is 5.95. The van der Waals surface area contributed by atoms with Crippen molar-refractivity contribution in [3.05, 3.63) is 99.5 Å². The molecule has 0 unspecified atom stereocenters. The third-order valence-corrected chi connectivity index (χ3v) is 6.82. The second-order valence-corrected chi connectivity index (χ2v) is 9.03. The van der Waals surface area contributed by atoms with Gasteiger partial charge in [0.2, 0.25) is 0 Å². The van der Waals surface area contributed by atoms with E-state index in [1.807, 2.05) is 43.7 Å². The monoisotopic (exact) mass is 481 g/mol. The first-order valence-electron chi connectivity index (χ1n) is 11.0. The molecule has 0 saturated carbocycles. The highest BCUT2D eigenvalue weighted by molar-refractivity contribution is 9.10. The molecule has 0 amide bonds. The lowest BCUT2D eigenvalue weighted by Gasteiger charge is -2.15. The van der Waals surface area contributed by atoms with Gasteiger partial charge in [-0.3, -0.25) is 9.97 Å². The van der Waals surface area contributed by atoms with Gasteiger partial charge in [0, 0.05) is 35.3 Å². The van der Waals surface area contributed by atoms with E-state index in [-0.39, 0.29) is 0 Å². The van der Waals surface area contributed by atoms with Crippen LogP contribution in [-0.2, 0) is 12.8 Å². The van der Waals surface area contributed by atoms with E-state index < -0.39 is 0 Å². The lowest BCUT2D eigenvalue weighted by molar-refractivity contribution is 0.685. The number of rotatable bonds is 4. The van der Waals surface area contributed by atoms with Crippen molar-refractivity contribution in [3.8, 4) is 22.5 Å². The lowest BCUT2D eigenvalue weighted by Crippen LogP contribution is -2.02. The number of halogens is 1. The van der Waals surface area contributed by atoms with E-state index in [1.165, 1.54) is 42.4 Å². The maximum absolute atomic E-state index is 4.83. The van der Waals surface area contributed by atoms with Crippen molar-refractivity contribution in [1.82, 2.24) is 15.0 Å². The second kappa shape index (κ2) is 9.17. The number of benzene rings is 1. The number of fused-ring (bicyclic) bond motifs is 1. The van der Waals surface area contributed by atoms with Crippen molar-refractivity contribution in [3.63, 3.8) is 0 Å². The van der Waals surface area contributed by atoms with Crippen molar-refractivity contribution in [1.29, 1.82) is 0 Å². The highest BCUT2D eigenvalue weighted by Gasteiger charge is 2.11. The topological polar surface area (TPSA) is 38.7 Å². The minimum absolute atomic E-state index is 0.859. The predicted molar refractivity (Wildman–Crippen MR) is 135 cm³/mol. The van der Waals surface area contributed by atoms with Gasteiger partial charge >= 0.3 is 0 Å². The molecule has 0 bridgehead atoms. The van der Waals surface area contributed by atoms with Crippen LogP contribution < -0.4 is 0 Å². The van der Waals surface area contributed by atoms with Crippen LogP contribution in [0.2, 0.25) is 0 Å². The zero-order chi connectivity index (χ0) is 21.9. The first kappa shape index (κ1) is 20.8. The third kappa shape index (κ3) is 4.42. The fourth-order valence-electron chi connectivity index (χ4n) is 4.25. The largest absolute Gasteiger partial charge is 0.256 e. The molecule has 0 N–H and O–H groups in total. The average Bonchev–Trinajstić information content (AvgIpc) is 2.85. The highest BCUT2D eigenvalue weighted by Crippen LogP contribution is 2.29. The predicted octanol–water partition coefficient (Wildman–Crippen LogP) is 7.33. The number of hydrogen-bond acceptors (Lipinski definition) is 3. The van der Waals surface area contributed by atoms with Gasteiger partial charge in [0.1, 0.15) is 4.60 Å². The maximum Gasteiger partial charge on any atom is 0.109 e. The first-order chi connectivity index (χ1) is 15.7. The molecule has 0 spiro atoms. The second-order valence-electron chi connectivity index (χ2n) is 8.28. The molecule has 0 aliphatic heterocycles. The van der Waals surface area contributed by atoms with Crippen molar-refractivity contribution >= 4 is 28.1 Å². The number of nitrogens with zero attached hydrogens (tertiary/aromatic N) is 3. The Morgan fingerprint density at radius 1 is 0.812 bits per heavy atom. The molecule has 4 heteroatoms. The van der Waals surface area contributed by atoms with Gasteiger partial charge in [-0.15, -0.1) is 0 Å². The van der Waals surface area contributed by atoms with Gasteiger partial charge in [0.15, 0.2) is 0 Å². The minimum Gasteiger partial charge on any atom is -0.256 e. The normalized spacial score (nSPS) is 13.3. The molecule has 32 heavy (non-hydrogen) atoms. The molecule has 3 heterocycles. The van der Waals surface area contributed by atoms with Gasteiger partial charge in [-0.2, -0.15) is 0 Å². The zero-order valence-corrected chi connectivity index (χ0v) is 19.6. The maximum atomic E-state index is 4.83. The van der Waals surface area contributed by atoms with Gasteiger partial charge in [0.25, 0.3) is 0 Å². The van der Waals surface area contributed by atoms with Crippen LogP contribution in [0.5, 0.6) is 0 Å². The molecule has 1 aromatic carbocycles. The summed E-state index contributed by atoms with van der Waals surface area (Å²) in [4.78, 5) is 13.8. The summed E-state index contributed by atoms with van der Waals surface area (Å²) in [5.74, 6) is 0. The molecule has 3 nitrogen and oxygen atoms in total. The Labute approximate surface area is 197 Å². The Morgan fingerprint density at radius 3 is 2.47 bits per heavy atom. The number of pyridine rings is 3. The van der Waals surface area contributed by atoms with E-state index >= 15 is 0 Å². The van der Waals surface area contributed by atoms with E-state index in [9.17, 15) is 0 Å². The van der Waals surface area contributed by atoms with Gasteiger partial charge < -0.3 is 0 Å². The van der Waals surface area contributed by atoms with Gasteiger partial charge in [-0.25, -0.2) is 4.98 Å². The first-order valence-corrected chi connectivity index (χ1v) is 11.8. The van der Waals surface area contributed by atoms with E-state index in [0.29, 0.717) is 0 Å². The molecule has 0 saturated heterocycles. The Morgan fingerprint density at radius 2 is 1.66 bits per heavy atom. The summed E-state index contributed by atoms with van der Waals surface area (Å²) in [5.41, 5.74) is 10.2. The van der Waals surface area contributed by atoms with Crippen molar-refractivity contribution < 1.29 is 0 Å². The minimum atomic E-state index is 0.859. The van der Waals surface area contributed by atoms with E-state index in [0.717, 1.165) is 38.2 Å². The third-order valence-electron chi connectivity index (χ3n) is 5.99. The van der Waals surface area contributed by atoms with Gasteiger partial charge in [-0.05, 0) is 95.1 Å². The van der Waals surface area contributed by atoms with Crippen LogP contribution in [-0.4, -0.2) is 15.0 Å². The fraction of sp³-hybridized carbons (Fsp3) is 0.179. The molecule has 0 atom stereocenters. The summed E-state index contributed by atoms with van der Waals surface area (Å²) in [6.07, 6.45) is 14.9. The lowest BCUT2D eigenvalue weighted by atomic mass is 9.90. The summed E-state index contributed by atoms with van der Waals surface area (Å²) in [6, 6.07) is 17.1. The molecular weight excluding hydrogens is 458 g/mol. The Bertz CT molecular complexity index is 1300. The summed E-state index contributed by atoms with van der Waals surface area (Å²) < 4.78 is 0.859. The summed E-state index contributed by atoms with van der Waals surface area (Å²) in [5, 5.41) is 0. The Hall–Kier alpha value is -3.11. The molecule has 5 rings (SSSR count). The highest BCUT2D eigenvalue weighted by atomic mass is 79.9. The number of hydrogen-bond donors (Lipinski definition) is 0. The molecule has 0 radical (unpaired) electrons. The van der Waals surface area contributed by atoms with Crippen molar-refractivity contribution in [2.45, 2.75) is 32.6 Å². The van der Waals surface area contributed by atoms with Crippen molar-refractivity contribution in [2.75, 3.05) is 0 Å². The average molecular weight is 482 g/mol. The van der Waals surface area contributed by atoms with Gasteiger partial charge in [0.05, 0.1) is 11.4 Å². The zero-order valence-electron chi connectivity index (χ0n) is 18.1. The molecular formula is C28H24BrN3. The Balaban J connectivity index is 1.57. The van der Waals surface area contributed by atoms with Crippen molar-refractivity contribution in [2.24, 2.45) is 0 Å². The van der Waals surface area contributed by atoms with Crippen LogP contribution in [0.25, 0.3) is 34.7 Å².